The first-order valence-electron chi connectivity index (χ1n) is 8.80. The largest absolute Gasteiger partial charge is 0.352 e. The van der Waals surface area contributed by atoms with Gasteiger partial charge in [-0.25, -0.2) is 0 Å². The molecule has 0 aromatic heterocycles. The fourth-order valence-electron chi connectivity index (χ4n) is 2.61. The Balaban J connectivity index is 1.89. The molecule has 0 aliphatic heterocycles. The Morgan fingerprint density at radius 2 is 1.50 bits per heavy atom. The van der Waals surface area contributed by atoms with Crippen molar-refractivity contribution in [3.05, 3.63) is 71.3 Å². The number of hydrogen-bond donors (Lipinski definition) is 1. The van der Waals surface area contributed by atoms with Gasteiger partial charge >= 0.3 is 0 Å². The number of rotatable bonds is 8. The standard InChI is InChI=1S/C21H27N3O2/c1-23(2)15-7-14-22-20(25)18-10-12-19(13-11-18)21(26)24(3)16-17-8-5-4-6-9-17/h4-6,8-13H,7,14-16H2,1-3H3,(H,22,25). The van der Waals surface area contributed by atoms with Gasteiger partial charge in [-0.05, 0) is 56.9 Å². The molecule has 5 nitrogen and oxygen atoms in total. The topological polar surface area (TPSA) is 52.7 Å². The number of nitrogens with zero attached hydrogens (tertiary/aromatic N) is 2. The van der Waals surface area contributed by atoms with Crippen LogP contribution in [0.3, 0.4) is 0 Å². The van der Waals surface area contributed by atoms with Gasteiger partial charge in [0.1, 0.15) is 0 Å². The molecule has 0 bridgehead atoms. The minimum absolute atomic E-state index is 0.0632. The second-order valence-corrected chi connectivity index (χ2v) is 6.64. The zero-order valence-corrected chi connectivity index (χ0v) is 15.7. The molecule has 0 fully saturated rings. The van der Waals surface area contributed by atoms with Gasteiger partial charge in [0.25, 0.3) is 11.8 Å². The van der Waals surface area contributed by atoms with E-state index in [0.717, 1.165) is 18.5 Å². The first-order valence-corrected chi connectivity index (χ1v) is 8.80. The molecule has 2 amide bonds. The quantitative estimate of drug-likeness (QED) is 0.742. The van der Waals surface area contributed by atoms with E-state index in [4.69, 9.17) is 0 Å². The molecule has 0 heterocycles. The Bertz CT molecular complexity index is 712. The maximum absolute atomic E-state index is 12.5. The van der Waals surface area contributed by atoms with Crippen molar-refractivity contribution in [3.8, 4) is 0 Å². The number of carbonyl (C=O) groups is 2. The van der Waals surface area contributed by atoms with Crippen molar-refractivity contribution >= 4 is 11.8 Å². The average Bonchev–Trinajstić information content (AvgIpc) is 2.65. The van der Waals surface area contributed by atoms with Crippen LogP contribution in [-0.4, -0.2) is 55.8 Å². The van der Waals surface area contributed by atoms with Gasteiger partial charge in [0, 0.05) is 31.3 Å². The summed E-state index contributed by atoms with van der Waals surface area (Å²) in [5.74, 6) is -0.174. The molecule has 138 valence electrons. The second kappa shape index (κ2) is 9.73. The van der Waals surface area contributed by atoms with Crippen LogP contribution in [-0.2, 0) is 6.54 Å². The lowest BCUT2D eigenvalue weighted by molar-refractivity contribution is 0.0784. The molecule has 0 aliphatic carbocycles. The fraction of sp³-hybridized carbons (Fsp3) is 0.333. The third kappa shape index (κ3) is 6.01. The first-order chi connectivity index (χ1) is 12.5. The molecule has 0 aliphatic rings. The third-order valence-electron chi connectivity index (χ3n) is 4.07. The Morgan fingerprint density at radius 3 is 2.12 bits per heavy atom. The van der Waals surface area contributed by atoms with Crippen molar-refractivity contribution in [3.63, 3.8) is 0 Å². The highest BCUT2D eigenvalue weighted by atomic mass is 16.2. The summed E-state index contributed by atoms with van der Waals surface area (Å²) in [5, 5.41) is 2.90. The highest BCUT2D eigenvalue weighted by Crippen LogP contribution is 2.10. The number of carbonyl (C=O) groups excluding carboxylic acids is 2. The molecule has 2 aromatic carbocycles. The SMILES string of the molecule is CN(C)CCCNC(=O)c1ccc(C(=O)N(C)Cc2ccccc2)cc1. The Kier molecular flexibility index (Phi) is 7.36. The molecule has 0 spiro atoms. The highest BCUT2D eigenvalue weighted by Gasteiger charge is 2.13. The summed E-state index contributed by atoms with van der Waals surface area (Å²) in [4.78, 5) is 28.4. The van der Waals surface area contributed by atoms with Crippen LogP contribution in [0.2, 0.25) is 0 Å². The van der Waals surface area contributed by atoms with Gasteiger partial charge in [0.2, 0.25) is 0 Å². The van der Waals surface area contributed by atoms with Crippen LogP contribution in [0.5, 0.6) is 0 Å². The predicted molar refractivity (Wildman–Crippen MR) is 104 cm³/mol. The Labute approximate surface area is 155 Å². The third-order valence-corrected chi connectivity index (χ3v) is 4.07. The molecule has 0 radical (unpaired) electrons. The summed E-state index contributed by atoms with van der Waals surface area (Å²) in [6, 6.07) is 16.7. The molecule has 26 heavy (non-hydrogen) atoms. The maximum Gasteiger partial charge on any atom is 0.253 e. The summed E-state index contributed by atoms with van der Waals surface area (Å²) >= 11 is 0. The van der Waals surface area contributed by atoms with Crippen LogP contribution in [0.15, 0.2) is 54.6 Å². The van der Waals surface area contributed by atoms with Gasteiger partial charge in [-0.15, -0.1) is 0 Å². The Morgan fingerprint density at radius 1 is 0.885 bits per heavy atom. The van der Waals surface area contributed by atoms with E-state index in [2.05, 4.69) is 10.2 Å². The van der Waals surface area contributed by atoms with Gasteiger partial charge in [0.05, 0.1) is 0 Å². The minimum Gasteiger partial charge on any atom is -0.352 e. The molecule has 0 saturated carbocycles. The van der Waals surface area contributed by atoms with Gasteiger partial charge in [-0.1, -0.05) is 30.3 Å². The zero-order valence-electron chi connectivity index (χ0n) is 15.7. The molecule has 5 heteroatoms. The zero-order chi connectivity index (χ0) is 18.9. The minimum atomic E-state index is -0.111. The van der Waals surface area contributed by atoms with Crippen molar-refractivity contribution in [2.45, 2.75) is 13.0 Å². The lowest BCUT2D eigenvalue weighted by Gasteiger charge is -2.17. The van der Waals surface area contributed by atoms with E-state index in [1.807, 2.05) is 44.4 Å². The molecule has 2 aromatic rings. The second-order valence-electron chi connectivity index (χ2n) is 6.64. The van der Waals surface area contributed by atoms with Crippen molar-refractivity contribution in [1.82, 2.24) is 15.1 Å². The lowest BCUT2D eigenvalue weighted by atomic mass is 10.1. The van der Waals surface area contributed by atoms with Crippen LogP contribution in [0.25, 0.3) is 0 Å². The highest BCUT2D eigenvalue weighted by molar-refractivity contribution is 5.97. The van der Waals surface area contributed by atoms with Crippen LogP contribution in [0, 0.1) is 0 Å². The van der Waals surface area contributed by atoms with Gasteiger partial charge in [-0.3, -0.25) is 9.59 Å². The molecule has 0 atom stereocenters. The molecular formula is C21H27N3O2. The van der Waals surface area contributed by atoms with E-state index >= 15 is 0 Å². The number of nitrogens with one attached hydrogen (secondary N) is 1. The normalized spacial score (nSPS) is 10.6. The summed E-state index contributed by atoms with van der Waals surface area (Å²) < 4.78 is 0. The van der Waals surface area contributed by atoms with Crippen LogP contribution >= 0.6 is 0 Å². The van der Waals surface area contributed by atoms with Gasteiger partial charge in [-0.2, -0.15) is 0 Å². The first kappa shape index (κ1) is 19.7. The van der Waals surface area contributed by atoms with Crippen molar-refractivity contribution in [1.29, 1.82) is 0 Å². The Hall–Kier alpha value is -2.66. The van der Waals surface area contributed by atoms with E-state index < -0.39 is 0 Å². The van der Waals surface area contributed by atoms with Crippen LogP contribution in [0.1, 0.15) is 32.7 Å². The monoisotopic (exact) mass is 353 g/mol. The number of benzene rings is 2. The average molecular weight is 353 g/mol. The molecule has 2 rings (SSSR count). The number of amides is 2. The van der Waals surface area contributed by atoms with Crippen molar-refractivity contribution in [2.24, 2.45) is 0 Å². The predicted octanol–water partition coefficient (Wildman–Crippen LogP) is 2.64. The van der Waals surface area contributed by atoms with Gasteiger partial charge < -0.3 is 15.1 Å². The summed E-state index contributed by atoms with van der Waals surface area (Å²) in [6.45, 7) is 2.12. The number of hydrogen-bond acceptors (Lipinski definition) is 3. The van der Waals surface area contributed by atoms with Gasteiger partial charge in [0.15, 0.2) is 0 Å². The van der Waals surface area contributed by atoms with Crippen LogP contribution in [0.4, 0.5) is 0 Å². The van der Waals surface area contributed by atoms with E-state index in [1.165, 1.54) is 0 Å². The smallest absolute Gasteiger partial charge is 0.253 e. The van der Waals surface area contributed by atoms with Crippen molar-refractivity contribution < 1.29 is 9.59 Å². The van der Waals surface area contributed by atoms with E-state index in [-0.39, 0.29) is 11.8 Å². The maximum atomic E-state index is 12.5. The summed E-state index contributed by atoms with van der Waals surface area (Å²) in [7, 11) is 5.79. The summed E-state index contributed by atoms with van der Waals surface area (Å²) in [6.07, 6.45) is 0.902. The molecule has 1 N–H and O–H groups in total. The van der Waals surface area contributed by atoms with E-state index in [9.17, 15) is 9.59 Å². The molecule has 0 saturated heterocycles. The van der Waals surface area contributed by atoms with E-state index in [0.29, 0.717) is 24.2 Å². The summed E-state index contributed by atoms with van der Waals surface area (Å²) in [5.41, 5.74) is 2.22. The molecule has 0 unspecified atom stereocenters. The van der Waals surface area contributed by atoms with E-state index in [1.54, 1.807) is 36.2 Å². The lowest BCUT2D eigenvalue weighted by Crippen LogP contribution is -2.28. The van der Waals surface area contributed by atoms with Crippen molar-refractivity contribution in [2.75, 3.05) is 34.2 Å². The molecular weight excluding hydrogens is 326 g/mol. The van der Waals surface area contributed by atoms with Crippen LogP contribution < -0.4 is 5.32 Å². The fourth-order valence-corrected chi connectivity index (χ4v) is 2.61.